The minimum absolute atomic E-state index is 0.103. The average Bonchev–Trinajstić information content (AvgIpc) is 2.51. The first-order chi connectivity index (χ1) is 6.09. The molecule has 0 amide bonds. The lowest BCUT2D eigenvalue weighted by Crippen LogP contribution is -2.32. The smallest absolute Gasteiger partial charge is 0.233 e. The van der Waals surface area contributed by atoms with E-state index in [0.717, 1.165) is 18.0 Å². The molecule has 0 saturated heterocycles. The SMILES string of the molecule is CCC(C)(CC)Nc1nc(N)ns1. The van der Waals surface area contributed by atoms with E-state index in [2.05, 4.69) is 35.4 Å². The maximum absolute atomic E-state index is 5.43. The quantitative estimate of drug-likeness (QED) is 0.781. The van der Waals surface area contributed by atoms with Gasteiger partial charge in [0.15, 0.2) is 0 Å². The van der Waals surface area contributed by atoms with Crippen molar-refractivity contribution in [1.29, 1.82) is 0 Å². The van der Waals surface area contributed by atoms with Crippen LogP contribution in [-0.4, -0.2) is 14.9 Å². The van der Waals surface area contributed by atoms with Crippen LogP contribution >= 0.6 is 11.5 Å². The first-order valence-electron chi connectivity index (χ1n) is 4.47. The van der Waals surface area contributed by atoms with Crippen molar-refractivity contribution >= 4 is 22.6 Å². The van der Waals surface area contributed by atoms with Gasteiger partial charge in [-0.2, -0.15) is 9.36 Å². The first-order valence-corrected chi connectivity index (χ1v) is 5.24. The summed E-state index contributed by atoms with van der Waals surface area (Å²) in [7, 11) is 0. The standard InChI is InChI=1S/C8H16N4S/c1-4-8(3,5-2)11-7-10-6(9)12-13-7/h4-5H2,1-3H3,(H3,9,10,11,12). The average molecular weight is 200 g/mol. The maximum atomic E-state index is 5.43. The van der Waals surface area contributed by atoms with Gasteiger partial charge in [0.1, 0.15) is 0 Å². The number of aromatic nitrogens is 2. The molecule has 1 rings (SSSR count). The van der Waals surface area contributed by atoms with Gasteiger partial charge in [0.2, 0.25) is 11.1 Å². The number of hydrogen-bond donors (Lipinski definition) is 2. The van der Waals surface area contributed by atoms with Crippen molar-refractivity contribution in [2.24, 2.45) is 0 Å². The summed E-state index contributed by atoms with van der Waals surface area (Å²) < 4.78 is 3.92. The summed E-state index contributed by atoms with van der Waals surface area (Å²) in [5.41, 5.74) is 5.53. The van der Waals surface area contributed by atoms with E-state index in [0.29, 0.717) is 5.95 Å². The number of nitrogen functional groups attached to an aromatic ring is 1. The number of rotatable bonds is 4. The van der Waals surface area contributed by atoms with Crippen LogP contribution in [0.1, 0.15) is 33.6 Å². The monoisotopic (exact) mass is 200 g/mol. The van der Waals surface area contributed by atoms with Gasteiger partial charge in [0.05, 0.1) is 0 Å². The molecule has 0 bridgehead atoms. The Morgan fingerprint density at radius 3 is 2.46 bits per heavy atom. The predicted molar refractivity (Wildman–Crippen MR) is 56.9 cm³/mol. The largest absolute Gasteiger partial charge is 0.367 e. The Labute approximate surface area is 82.7 Å². The topological polar surface area (TPSA) is 63.8 Å². The van der Waals surface area contributed by atoms with Crippen LogP contribution in [-0.2, 0) is 0 Å². The van der Waals surface area contributed by atoms with Crippen molar-refractivity contribution in [2.75, 3.05) is 11.1 Å². The second-order valence-corrected chi connectivity index (χ2v) is 4.10. The van der Waals surface area contributed by atoms with E-state index in [-0.39, 0.29) is 5.54 Å². The van der Waals surface area contributed by atoms with Crippen molar-refractivity contribution in [2.45, 2.75) is 39.2 Å². The van der Waals surface area contributed by atoms with Gasteiger partial charge in [-0.25, -0.2) is 0 Å². The third kappa shape index (κ3) is 2.55. The lowest BCUT2D eigenvalue weighted by atomic mass is 9.96. The minimum atomic E-state index is 0.103. The van der Waals surface area contributed by atoms with Gasteiger partial charge in [0, 0.05) is 17.1 Å². The maximum Gasteiger partial charge on any atom is 0.233 e. The summed E-state index contributed by atoms with van der Waals surface area (Å²) >= 11 is 1.31. The Kier molecular flexibility index (Phi) is 3.08. The van der Waals surface area contributed by atoms with Crippen molar-refractivity contribution < 1.29 is 0 Å². The third-order valence-corrected chi connectivity index (χ3v) is 3.06. The van der Waals surface area contributed by atoms with Crippen LogP contribution in [0.25, 0.3) is 0 Å². The third-order valence-electron chi connectivity index (χ3n) is 2.41. The summed E-state index contributed by atoms with van der Waals surface area (Å²) in [5, 5.41) is 4.15. The van der Waals surface area contributed by atoms with Gasteiger partial charge in [-0.05, 0) is 19.8 Å². The zero-order valence-corrected chi connectivity index (χ0v) is 9.11. The minimum Gasteiger partial charge on any atom is -0.367 e. The Morgan fingerprint density at radius 2 is 2.08 bits per heavy atom. The van der Waals surface area contributed by atoms with Crippen LogP contribution in [0.15, 0.2) is 0 Å². The molecule has 3 N–H and O–H groups in total. The molecule has 0 aromatic carbocycles. The highest BCUT2D eigenvalue weighted by Gasteiger charge is 2.20. The number of nitrogens with zero attached hydrogens (tertiary/aromatic N) is 2. The second-order valence-electron chi connectivity index (χ2n) is 3.35. The van der Waals surface area contributed by atoms with Crippen molar-refractivity contribution in [1.82, 2.24) is 9.36 Å². The summed E-state index contributed by atoms with van der Waals surface area (Å²) in [6.07, 6.45) is 2.12. The van der Waals surface area contributed by atoms with E-state index in [1.165, 1.54) is 11.5 Å². The molecular formula is C8H16N4S. The zero-order chi connectivity index (χ0) is 9.90. The highest BCUT2D eigenvalue weighted by atomic mass is 32.1. The lowest BCUT2D eigenvalue weighted by Gasteiger charge is -2.27. The molecule has 0 aliphatic rings. The molecule has 0 unspecified atom stereocenters. The second kappa shape index (κ2) is 3.91. The molecule has 0 atom stereocenters. The Balaban J connectivity index is 2.67. The Morgan fingerprint density at radius 1 is 1.46 bits per heavy atom. The molecule has 4 nitrogen and oxygen atoms in total. The highest BCUT2D eigenvalue weighted by molar-refractivity contribution is 7.09. The van der Waals surface area contributed by atoms with Gasteiger partial charge in [-0.1, -0.05) is 13.8 Å². The molecule has 1 aromatic heterocycles. The predicted octanol–water partition coefficient (Wildman–Crippen LogP) is 2.11. The molecule has 0 aliphatic carbocycles. The molecule has 13 heavy (non-hydrogen) atoms. The zero-order valence-electron chi connectivity index (χ0n) is 8.29. The van der Waals surface area contributed by atoms with E-state index in [9.17, 15) is 0 Å². The normalized spacial score (nSPS) is 11.6. The fourth-order valence-electron chi connectivity index (χ4n) is 0.971. The molecule has 0 fully saturated rings. The van der Waals surface area contributed by atoms with Crippen LogP contribution in [0.4, 0.5) is 11.1 Å². The van der Waals surface area contributed by atoms with E-state index in [4.69, 9.17) is 5.73 Å². The lowest BCUT2D eigenvalue weighted by molar-refractivity contribution is 0.478. The van der Waals surface area contributed by atoms with Gasteiger partial charge in [-0.3, -0.25) is 0 Å². The van der Waals surface area contributed by atoms with Gasteiger partial charge in [0.25, 0.3) is 0 Å². The summed E-state index contributed by atoms with van der Waals surface area (Å²) in [4.78, 5) is 4.07. The molecule has 1 aromatic rings. The van der Waals surface area contributed by atoms with Crippen LogP contribution in [0, 0.1) is 0 Å². The van der Waals surface area contributed by atoms with E-state index in [1.54, 1.807) is 0 Å². The molecule has 5 heteroatoms. The number of nitrogens with one attached hydrogen (secondary N) is 1. The van der Waals surface area contributed by atoms with E-state index in [1.807, 2.05) is 0 Å². The molecule has 0 aliphatic heterocycles. The van der Waals surface area contributed by atoms with Crippen molar-refractivity contribution in [3.63, 3.8) is 0 Å². The summed E-state index contributed by atoms with van der Waals surface area (Å²) in [6, 6.07) is 0. The van der Waals surface area contributed by atoms with Crippen LogP contribution in [0.5, 0.6) is 0 Å². The fourth-order valence-corrected chi connectivity index (χ4v) is 1.62. The highest BCUT2D eigenvalue weighted by Crippen LogP contribution is 2.22. The molecule has 1 heterocycles. The van der Waals surface area contributed by atoms with Gasteiger partial charge < -0.3 is 11.1 Å². The van der Waals surface area contributed by atoms with Crippen molar-refractivity contribution in [3.8, 4) is 0 Å². The van der Waals surface area contributed by atoms with Gasteiger partial charge in [-0.15, -0.1) is 0 Å². The molecular weight excluding hydrogens is 184 g/mol. The molecule has 74 valence electrons. The van der Waals surface area contributed by atoms with E-state index < -0.39 is 0 Å². The summed E-state index contributed by atoms with van der Waals surface area (Å²) in [5.74, 6) is 0.349. The number of nitrogens with two attached hydrogens (primary N) is 1. The fraction of sp³-hybridized carbons (Fsp3) is 0.750. The Hall–Kier alpha value is -0.840. The Bertz CT molecular complexity index is 267. The number of hydrogen-bond acceptors (Lipinski definition) is 5. The van der Waals surface area contributed by atoms with Crippen LogP contribution in [0.3, 0.4) is 0 Å². The first kappa shape index (κ1) is 10.2. The van der Waals surface area contributed by atoms with Crippen molar-refractivity contribution in [3.05, 3.63) is 0 Å². The summed E-state index contributed by atoms with van der Waals surface area (Å²) in [6.45, 7) is 6.48. The number of anilines is 2. The van der Waals surface area contributed by atoms with Crippen LogP contribution in [0.2, 0.25) is 0 Å². The van der Waals surface area contributed by atoms with Gasteiger partial charge >= 0.3 is 0 Å². The van der Waals surface area contributed by atoms with Crippen LogP contribution < -0.4 is 11.1 Å². The molecule has 0 radical (unpaired) electrons. The molecule has 0 saturated carbocycles. The van der Waals surface area contributed by atoms with E-state index >= 15 is 0 Å². The molecule has 0 spiro atoms.